The van der Waals surface area contributed by atoms with Crippen LogP contribution in [0.4, 0.5) is 5.00 Å². The Hall–Kier alpha value is -3.74. The second kappa shape index (κ2) is 12.5. The molecule has 43 heavy (non-hydrogen) atoms. The van der Waals surface area contributed by atoms with Crippen LogP contribution in [0.25, 0.3) is 10.8 Å². The summed E-state index contributed by atoms with van der Waals surface area (Å²) in [6.07, 6.45) is 4.93. The van der Waals surface area contributed by atoms with Crippen LogP contribution in [0.1, 0.15) is 54.3 Å². The molecule has 3 heterocycles. The lowest BCUT2D eigenvalue weighted by molar-refractivity contribution is -0.147. The molecule has 3 atom stereocenters. The van der Waals surface area contributed by atoms with Crippen molar-refractivity contribution in [2.24, 2.45) is 11.8 Å². The van der Waals surface area contributed by atoms with Crippen molar-refractivity contribution in [2.45, 2.75) is 51.4 Å². The first-order valence-electron chi connectivity index (χ1n) is 14.3. The highest BCUT2D eigenvalue weighted by Gasteiger charge is 2.41. The number of aliphatic carboxylic acids is 1. The number of rotatable bonds is 12. The maximum Gasteiger partial charge on any atom is 0.329 e. The van der Waals surface area contributed by atoms with Crippen LogP contribution in [-0.4, -0.2) is 78.7 Å². The van der Waals surface area contributed by atoms with Crippen LogP contribution in [0.5, 0.6) is 5.75 Å². The fraction of sp³-hybridized carbons (Fsp3) is 0.484. The van der Waals surface area contributed by atoms with Crippen LogP contribution in [-0.2, 0) is 14.3 Å². The Bertz CT molecular complexity index is 1460. The van der Waals surface area contributed by atoms with Crippen molar-refractivity contribution in [3.63, 3.8) is 0 Å². The summed E-state index contributed by atoms with van der Waals surface area (Å²) in [6, 6.07) is 7.57. The van der Waals surface area contributed by atoms with Crippen molar-refractivity contribution in [1.29, 1.82) is 0 Å². The third-order valence-corrected chi connectivity index (χ3v) is 10.2. The van der Waals surface area contributed by atoms with Gasteiger partial charge in [-0.1, -0.05) is 18.2 Å². The standard InChI is InChI=1S/C31H38N4O7S/c1-18-25(28(37)34(4)31(2,3)30(38)39)29(43-26(18)27-33-10-11-41-27)35(17-36)16-24(22-8-6-7-9-23(22)40-5)42-21-12-19-14-32-15-20(19)13-21/h6-11,17,19-21,24,32H,12-16H2,1-5H3,(H,38,39). The van der Waals surface area contributed by atoms with Crippen LogP contribution >= 0.6 is 11.3 Å². The van der Waals surface area contributed by atoms with E-state index >= 15 is 0 Å². The molecule has 1 aliphatic heterocycles. The van der Waals surface area contributed by atoms with Gasteiger partial charge in [-0.2, -0.15) is 0 Å². The summed E-state index contributed by atoms with van der Waals surface area (Å²) in [5.74, 6) is 0.376. The molecule has 230 valence electrons. The van der Waals surface area contributed by atoms with Gasteiger partial charge in [0.25, 0.3) is 5.91 Å². The zero-order valence-electron chi connectivity index (χ0n) is 25.0. The monoisotopic (exact) mass is 610 g/mol. The number of carbonyl (C=O) groups is 3. The van der Waals surface area contributed by atoms with Crippen molar-refractivity contribution in [2.75, 3.05) is 38.7 Å². The molecule has 1 aliphatic carbocycles. The van der Waals surface area contributed by atoms with Crippen LogP contribution in [0.15, 0.2) is 41.1 Å². The lowest BCUT2D eigenvalue weighted by Crippen LogP contribution is -2.51. The van der Waals surface area contributed by atoms with Crippen molar-refractivity contribution >= 4 is 34.6 Å². The van der Waals surface area contributed by atoms with Gasteiger partial charge in [0.15, 0.2) is 0 Å². The number of carboxylic acids is 1. The molecule has 3 unspecified atom stereocenters. The molecule has 2 N–H and O–H groups in total. The number of anilines is 1. The van der Waals surface area contributed by atoms with Crippen LogP contribution < -0.4 is 15.0 Å². The number of methoxy groups -OCH3 is 1. The number of hydrogen-bond acceptors (Lipinski definition) is 9. The third kappa shape index (κ3) is 5.91. The molecule has 1 saturated carbocycles. The van der Waals surface area contributed by atoms with Crippen LogP contribution in [0.2, 0.25) is 0 Å². The molecule has 2 aliphatic rings. The van der Waals surface area contributed by atoms with E-state index in [1.807, 2.05) is 24.3 Å². The average Bonchev–Trinajstić information content (AvgIpc) is 3.79. The zero-order valence-corrected chi connectivity index (χ0v) is 25.8. The molecule has 1 aromatic carbocycles. The second-order valence-electron chi connectivity index (χ2n) is 11.7. The lowest BCUT2D eigenvalue weighted by Gasteiger charge is -2.33. The molecule has 5 rings (SSSR count). The van der Waals surface area contributed by atoms with E-state index < -0.39 is 23.5 Å². The van der Waals surface area contributed by atoms with E-state index in [9.17, 15) is 19.5 Å². The van der Waals surface area contributed by atoms with Gasteiger partial charge < -0.3 is 34.1 Å². The van der Waals surface area contributed by atoms with Gasteiger partial charge in [0.1, 0.15) is 28.7 Å². The first-order chi connectivity index (χ1) is 20.6. The number of benzene rings is 1. The maximum absolute atomic E-state index is 14.0. The molecule has 1 saturated heterocycles. The number of hydrogen-bond donors (Lipinski definition) is 2. The van der Waals surface area contributed by atoms with E-state index in [4.69, 9.17) is 13.9 Å². The molecule has 12 heteroatoms. The highest BCUT2D eigenvalue weighted by Crippen LogP contribution is 2.44. The number of likely N-dealkylation sites (N-methyl/N-ethyl adjacent to an activating group) is 1. The number of aromatic nitrogens is 1. The molecule has 0 bridgehead atoms. The molecular formula is C31H38N4O7S. The third-order valence-electron chi connectivity index (χ3n) is 8.84. The number of nitrogens with zero attached hydrogens (tertiary/aromatic N) is 3. The smallest absolute Gasteiger partial charge is 0.329 e. The summed E-state index contributed by atoms with van der Waals surface area (Å²) in [5, 5.41) is 13.6. The van der Waals surface area contributed by atoms with Gasteiger partial charge in [-0.3, -0.25) is 9.59 Å². The summed E-state index contributed by atoms with van der Waals surface area (Å²) >= 11 is 1.19. The number of amides is 2. The predicted octanol–water partition coefficient (Wildman–Crippen LogP) is 4.37. The van der Waals surface area contributed by atoms with Gasteiger partial charge in [0.2, 0.25) is 12.3 Å². The first-order valence-corrected chi connectivity index (χ1v) is 15.1. The number of ether oxygens (including phenoxy) is 2. The highest BCUT2D eigenvalue weighted by atomic mass is 32.1. The minimum absolute atomic E-state index is 0.0112. The van der Waals surface area contributed by atoms with E-state index in [1.165, 1.54) is 54.5 Å². The Kier molecular flexibility index (Phi) is 8.91. The number of oxazole rings is 1. The zero-order chi connectivity index (χ0) is 30.9. The molecule has 0 spiro atoms. The maximum atomic E-state index is 14.0. The number of para-hydroxylation sites is 1. The molecule has 2 aromatic heterocycles. The van der Waals surface area contributed by atoms with E-state index in [1.54, 1.807) is 14.0 Å². The van der Waals surface area contributed by atoms with E-state index in [0.29, 0.717) is 45.3 Å². The topological polar surface area (TPSA) is 134 Å². The van der Waals surface area contributed by atoms with E-state index in [-0.39, 0.29) is 18.2 Å². The molecule has 2 fully saturated rings. The van der Waals surface area contributed by atoms with Crippen LogP contribution in [0.3, 0.4) is 0 Å². The van der Waals surface area contributed by atoms with Gasteiger partial charge >= 0.3 is 5.97 Å². The minimum Gasteiger partial charge on any atom is -0.496 e. The van der Waals surface area contributed by atoms with Gasteiger partial charge in [-0.05, 0) is 70.2 Å². The molecule has 3 aromatic rings. The minimum atomic E-state index is -1.50. The SMILES string of the molecule is COc1ccccc1C(CN(C=O)c1sc(-c2ncco2)c(C)c1C(=O)N(C)C(C)(C)C(=O)O)OC1CC2CNCC2C1. The van der Waals surface area contributed by atoms with Crippen molar-refractivity contribution in [1.82, 2.24) is 15.2 Å². The van der Waals surface area contributed by atoms with Gasteiger partial charge in [0.05, 0.1) is 36.4 Å². The van der Waals surface area contributed by atoms with Crippen molar-refractivity contribution in [3.05, 3.63) is 53.4 Å². The van der Waals surface area contributed by atoms with Crippen molar-refractivity contribution in [3.8, 4) is 16.5 Å². The second-order valence-corrected chi connectivity index (χ2v) is 12.7. The summed E-state index contributed by atoms with van der Waals surface area (Å²) in [5.41, 5.74) is 0.0434. The molecule has 2 amide bonds. The Morgan fingerprint density at radius 1 is 1.26 bits per heavy atom. The van der Waals surface area contributed by atoms with Gasteiger partial charge in [-0.15, -0.1) is 11.3 Å². The summed E-state index contributed by atoms with van der Waals surface area (Å²) in [6.45, 7) is 6.72. The Labute approximate surface area is 254 Å². The van der Waals surface area contributed by atoms with Gasteiger partial charge in [0, 0.05) is 12.6 Å². The number of fused-ring (bicyclic) bond motifs is 1. The fourth-order valence-corrected chi connectivity index (χ4v) is 7.22. The number of carbonyl (C=O) groups excluding carboxylic acids is 2. The Morgan fingerprint density at radius 3 is 2.56 bits per heavy atom. The lowest BCUT2D eigenvalue weighted by atomic mass is 10.0. The average molecular weight is 611 g/mol. The summed E-state index contributed by atoms with van der Waals surface area (Å²) in [4.78, 5) is 46.4. The fourth-order valence-electron chi connectivity index (χ4n) is 6.01. The van der Waals surface area contributed by atoms with Crippen LogP contribution in [0, 0.1) is 18.8 Å². The first kappa shape index (κ1) is 30.7. The van der Waals surface area contributed by atoms with Gasteiger partial charge in [-0.25, -0.2) is 9.78 Å². The van der Waals surface area contributed by atoms with Crippen molar-refractivity contribution < 1.29 is 33.4 Å². The van der Waals surface area contributed by atoms with E-state index in [0.717, 1.165) is 31.5 Å². The number of carboxylic acid groups (broad SMARTS) is 1. The number of nitrogens with one attached hydrogen (secondary N) is 1. The Morgan fingerprint density at radius 2 is 1.95 bits per heavy atom. The normalized spacial score (nSPS) is 20.4. The Balaban J connectivity index is 1.55. The number of thiophene rings is 1. The molecule has 0 radical (unpaired) electrons. The largest absolute Gasteiger partial charge is 0.496 e. The molecule has 11 nitrogen and oxygen atoms in total. The van der Waals surface area contributed by atoms with E-state index in [2.05, 4.69) is 10.3 Å². The summed E-state index contributed by atoms with van der Waals surface area (Å²) in [7, 11) is 3.04. The predicted molar refractivity (Wildman–Crippen MR) is 161 cm³/mol. The highest BCUT2D eigenvalue weighted by molar-refractivity contribution is 7.20. The summed E-state index contributed by atoms with van der Waals surface area (Å²) < 4.78 is 18.0. The quantitative estimate of drug-likeness (QED) is 0.287. The molecular weight excluding hydrogens is 572 g/mol.